The Morgan fingerprint density at radius 1 is 1.13 bits per heavy atom. The molecule has 1 saturated heterocycles. The van der Waals surface area contributed by atoms with Crippen LogP contribution >= 0.6 is 0 Å². The van der Waals surface area contributed by atoms with Gasteiger partial charge in [0.25, 0.3) is 5.91 Å². The molecule has 0 bridgehead atoms. The minimum absolute atomic E-state index is 0.0801. The van der Waals surface area contributed by atoms with Gasteiger partial charge < -0.3 is 9.64 Å². The highest BCUT2D eigenvalue weighted by molar-refractivity contribution is 6.00. The van der Waals surface area contributed by atoms with Crippen molar-refractivity contribution in [3.8, 4) is 11.3 Å². The van der Waals surface area contributed by atoms with Gasteiger partial charge in [-0.15, -0.1) is 0 Å². The van der Waals surface area contributed by atoms with Crippen molar-refractivity contribution in [1.82, 2.24) is 15.1 Å². The van der Waals surface area contributed by atoms with Crippen molar-refractivity contribution in [2.75, 3.05) is 26.3 Å². The average Bonchev–Trinajstić information content (AvgIpc) is 3.06. The monoisotopic (exact) mass is 311 g/mol. The van der Waals surface area contributed by atoms with Gasteiger partial charge in [0.05, 0.1) is 18.9 Å². The van der Waals surface area contributed by atoms with Gasteiger partial charge in [-0.1, -0.05) is 18.2 Å². The number of aryl methyl sites for hydroxylation is 1. The Balaban J connectivity index is 1.72. The lowest BCUT2D eigenvalue weighted by atomic mass is 9.92. The summed E-state index contributed by atoms with van der Waals surface area (Å²) in [7, 11) is 0. The summed E-state index contributed by atoms with van der Waals surface area (Å²) in [6, 6.07) is 7.83. The molecule has 1 amide bonds. The Kier molecular flexibility index (Phi) is 3.87. The van der Waals surface area contributed by atoms with Gasteiger partial charge in [0, 0.05) is 35.5 Å². The van der Waals surface area contributed by atoms with Gasteiger partial charge in [-0.3, -0.25) is 9.89 Å². The van der Waals surface area contributed by atoms with Crippen molar-refractivity contribution < 1.29 is 9.53 Å². The number of rotatable bonds is 2. The molecule has 2 aliphatic rings. The van der Waals surface area contributed by atoms with Gasteiger partial charge in [0.2, 0.25) is 0 Å². The predicted molar refractivity (Wildman–Crippen MR) is 87.4 cm³/mol. The molecule has 0 saturated carbocycles. The maximum Gasteiger partial charge on any atom is 0.254 e. The molecule has 120 valence electrons. The molecular formula is C18H21N3O2. The van der Waals surface area contributed by atoms with Crippen LogP contribution in [0.1, 0.15) is 34.5 Å². The van der Waals surface area contributed by atoms with E-state index < -0.39 is 0 Å². The molecule has 1 aliphatic heterocycles. The second kappa shape index (κ2) is 6.16. The Hall–Kier alpha value is -2.14. The van der Waals surface area contributed by atoms with Gasteiger partial charge in [-0.2, -0.15) is 5.10 Å². The summed E-state index contributed by atoms with van der Waals surface area (Å²) in [5, 5.41) is 7.71. The SMILES string of the molecule is O=C(c1ccccc1-c1n[nH]c2c1CCCC2)N1CCOCC1. The van der Waals surface area contributed by atoms with Gasteiger partial charge >= 0.3 is 0 Å². The summed E-state index contributed by atoms with van der Waals surface area (Å²) in [5.74, 6) is 0.0801. The highest BCUT2D eigenvalue weighted by atomic mass is 16.5. The van der Waals surface area contributed by atoms with E-state index in [1.54, 1.807) is 0 Å². The van der Waals surface area contributed by atoms with E-state index >= 15 is 0 Å². The molecule has 5 heteroatoms. The number of benzene rings is 1. The van der Waals surface area contributed by atoms with E-state index in [1.165, 1.54) is 24.1 Å². The zero-order valence-electron chi connectivity index (χ0n) is 13.2. The number of H-pyrrole nitrogens is 1. The van der Waals surface area contributed by atoms with Crippen LogP contribution in [0.15, 0.2) is 24.3 Å². The minimum atomic E-state index is 0.0801. The molecule has 1 aromatic carbocycles. The smallest absolute Gasteiger partial charge is 0.254 e. The van der Waals surface area contributed by atoms with Crippen LogP contribution in [0.4, 0.5) is 0 Å². The van der Waals surface area contributed by atoms with Crippen LogP contribution in [-0.4, -0.2) is 47.3 Å². The molecule has 23 heavy (non-hydrogen) atoms. The summed E-state index contributed by atoms with van der Waals surface area (Å²) in [6.07, 6.45) is 4.51. The summed E-state index contributed by atoms with van der Waals surface area (Å²) >= 11 is 0. The lowest BCUT2D eigenvalue weighted by Gasteiger charge is -2.27. The van der Waals surface area contributed by atoms with E-state index in [0.717, 1.165) is 29.7 Å². The van der Waals surface area contributed by atoms with Crippen LogP contribution in [0.25, 0.3) is 11.3 Å². The lowest BCUT2D eigenvalue weighted by Crippen LogP contribution is -2.40. The second-order valence-corrected chi connectivity index (χ2v) is 6.19. The quantitative estimate of drug-likeness (QED) is 0.926. The van der Waals surface area contributed by atoms with Crippen LogP contribution in [0.3, 0.4) is 0 Å². The Bertz CT molecular complexity index is 717. The molecule has 2 aromatic rings. The number of morpholine rings is 1. The number of ether oxygens (including phenoxy) is 1. The van der Waals surface area contributed by atoms with Crippen molar-refractivity contribution in [3.05, 3.63) is 41.1 Å². The number of amides is 1. The average molecular weight is 311 g/mol. The molecule has 0 spiro atoms. The van der Waals surface area contributed by atoms with Crippen LogP contribution in [0, 0.1) is 0 Å². The Labute approximate surface area is 135 Å². The van der Waals surface area contributed by atoms with Gasteiger partial charge in [0.1, 0.15) is 0 Å². The third-order valence-electron chi connectivity index (χ3n) is 4.77. The van der Waals surface area contributed by atoms with E-state index in [4.69, 9.17) is 4.74 Å². The predicted octanol–water partition coefficient (Wildman–Crippen LogP) is 2.43. The topological polar surface area (TPSA) is 58.2 Å². The molecule has 4 rings (SSSR count). The number of nitrogens with zero attached hydrogens (tertiary/aromatic N) is 2. The maximum absolute atomic E-state index is 12.9. The summed E-state index contributed by atoms with van der Waals surface area (Å²) in [5.41, 5.74) is 5.17. The number of carbonyl (C=O) groups is 1. The highest BCUT2D eigenvalue weighted by Gasteiger charge is 2.25. The van der Waals surface area contributed by atoms with Crippen molar-refractivity contribution in [3.63, 3.8) is 0 Å². The molecule has 1 aliphatic carbocycles. The lowest BCUT2D eigenvalue weighted by molar-refractivity contribution is 0.0303. The van der Waals surface area contributed by atoms with Crippen molar-refractivity contribution >= 4 is 5.91 Å². The Morgan fingerprint density at radius 2 is 1.91 bits per heavy atom. The van der Waals surface area contributed by atoms with E-state index in [9.17, 15) is 4.79 Å². The number of carbonyl (C=O) groups excluding carboxylic acids is 1. The van der Waals surface area contributed by atoms with Gasteiger partial charge in [0.15, 0.2) is 0 Å². The van der Waals surface area contributed by atoms with Crippen LogP contribution in [0.5, 0.6) is 0 Å². The van der Waals surface area contributed by atoms with E-state index in [-0.39, 0.29) is 5.91 Å². The molecule has 0 unspecified atom stereocenters. The third kappa shape index (κ3) is 2.65. The summed E-state index contributed by atoms with van der Waals surface area (Å²) in [6.45, 7) is 2.55. The molecule has 0 radical (unpaired) electrons. The largest absolute Gasteiger partial charge is 0.378 e. The molecular weight excluding hydrogens is 290 g/mol. The van der Waals surface area contributed by atoms with Crippen molar-refractivity contribution in [1.29, 1.82) is 0 Å². The molecule has 0 atom stereocenters. The fourth-order valence-electron chi connectivity index (χ4n) is 3.52. The third-order valence-corrected chi connectivity index (χ3v) is 4.77. The normalized spacial score (nSPS) is 17.8. The highest BCUT2D eigenvalue weighted by Crippen LogP contribution is 2.32. The summed E-state index contributed by atoms with van der Waals surface area (Å²) in [4.78, 5) is 14.8. The first kappa shape index (κ1) is 14.5. The van der Waals surface area contributed by atoms with E-state index in [2.05, 4.69) is 10.2 Å². The molecule has 5 nitrogen and oxygen atoms in total. The Morgan fingerprint density at radius 3 is 2.78 bits per heavy atom. The first-order chi connectivity index (χ1) is 11.3. The fourth-order valence-corrected chi connectivity index (χ4v) is 3.52. The zero-order chi connectivity index (χ0) is 15.6. The molecule has 1 fully saturated rings. The maximum atomic E-state index is 12.9. The number of nitrogens with one attached hydrogen (secondary N) is 1. The van der Waals surface area contributed by atoms with Crippen LogP contribution < -0.4 is 0 Å². The van der Waals surface area contributed by atoms with Gasteiger partial charge in [-0.05, 0) is 31.7 Å². The number of aromatic amines is 1. The van der Waals surface area contributed by atoms with Crippen molar-refractivity contribution in [2.24, 2.45) is 0 Å². The molecule has 1 N–H and O–H groups in total. The number of hydrogen-bond donors (Lipinski definition) is 1. The van der Waals surface area contributed by atoms with E-state index in [1.807, 2.05) is 29.2 Å². The first-order valence-corrected chi connectivity index (χ1v) is 8.37. The van der Waals surface area contributed by atoms with Crippen LogP contribution in [-0.2, 0) is 17.6 Å². The molecule has 2 heterocycles. The summed E-state index contributed by atoms with van der Waals surface area (Å²) < 4.78 is 5.35. The number of fused-ring (bicyclic) bond motifs is 1. The van der Waals surface area contributed by atoms with Crippen molar-refractivity contribution in [2.45, 2.75) is 25.7 Å². The fraction of sp³-hybridized carbons (Fsp3) is 0.444. The standard InChI is InChI=1S/C18H21N3O2/c22-18(21-9-11-23-12-10-21)14-6-2-1-5-13(14)17-15-7-3-4-8-16(15)19-20-17/h1-2,5-6H,3-4,7-12H2,(H,19,20). The second-order valence-electron chi connectivity index (χ2n) is 6.19. The molecule has 1 aromatic heterocycles. The van der Waals surface area contributed by atoms with Gasteiger partial charge in [-0.25, -0.2) is 0 Å². The zero-order valence-corrected chi connectivity index (χ0v) is 13.2. The first-order valence-electron chi connectivity index (χ1n) is 8.37. The number of aromatic nitrogens is 2. The van der Waals surface area contributed by atoms with E-state index in [0.29, 0.717) is 26.3 Å². The van der Waals surface area contributed by atoms with Crippen LogP contribution in [0.2, 0.25) is 0 Å². The number of hydrogen-bond acceptors (Lipinski definition) is 3. The minimum Gasteiger partial charge on any atom is -0.378 e.